The second kappa shape index (κ2) is 6.76. The highest BCUT2D eigenvalue weighted by atomic mass is 79.9. The summed E-state index contributed by atoms with van der Waals surface area (Å²) in [5.41, 5.74) is -0.0169. The van der Waals surface area contributed by atoms with Gasteiger partial charge >= 0.3 is 0 Å². The molecule has 10 heteroatoms. The van der Waals surface area contributed by atoms with Crippen LogP contribution in [0.5, 0.6) is 0 Å². The number of nitrogens with zero attached hydrogens (tertiary/aromatic N) is 4. The summed E-state index contributed by atoms with van der Waals surface area (Å²) < 4.78 is 28.2. The number of hydrogen-bond donors (Lipinski definition) is 1. The second-order valence-electron chi connectivity index (χ2n) is 6.17. The Bertz CT molecular complexity index is 1100. The van der Waals surface area contributed by atoms with E-state index in [1.54, 1.807) is 18.2 Å². The first-order chi connectivity index (χ1) is 12.9. The van der Waals surface area contributed by atoms with Gasteiger partial charge in [0.15, 0.2) is 5.82 Å². The summed E-state index contributed by atoms with van der Waals surface area (Å²) in [6, 6.07) is 5.03. The van der Waals surface area contributed by atoms with Crippen molar-refractivity contribution in [3.8, 4) is 0 Å². The number of anilines is 1. The van der Waals surface area contributed by atoms with Gasteiger partial charge in [-0.25, -0.2) is 23.4 Å². The number of nitrogens with one attached hydrogen (secondary N) is 1. The molecule has 1 aliphatic carbocycles. The summed E-state index contributed by atoms with van der Waals surface area (Å²) in [4.78, 5) is 32.1. The summed E-state index contributed by atoms with van der Waals surface area (Å²) in [6.45, 7) is -0.401. The van der Waals surface area contributed by atoms with Gasteiger partial charge in [0.25, 0.3) is 5.56 Å². The molecule has 0 bridgehead atoms. The maximum Gasteiger partial charge on any atom is 0.275 e. The summed E-state index contributed by atoms with van der Waals surface area (Å²) in [6.07, 6.45) is 1.15. The molecule has 0 saturated heterocycles. The fourth-order valence-electron chi connectivity index (χ4n) is 2.79. The third-order valence-electron chi connectivity index (χ3n) is 4.18. The highest BCUT2D eigenvalue weighted by molar-refractivity contribution is 9.10. The van der Waals surface area contributed by atoms with E-state index in [0.717, 1.165) is 21.5 Å². The molecule has 1 fully saturated rings. The fourth-order valence-corrected chi connectivity index (χ4v) is 3.15. The van der Waals surface area contributed by atoms with E-state index in [-0.39, 0.29) is 5.95 Å². The molecule has 4 rings (SSSR count). The van der Waals surface area contributed by atoms with Crippen LogP contribution in [0.15, 0.2) is 39.9 Å². The molecule has 1 aliphatic rings. The Labute approximate surface area is 159 Å². The molecule has 1 saturated carbocycles. The van der Waals surface area contributed by atoms with Gasteiger partial charge in [0.2, 0.25) is 11.9 Å². The first-order valence-electron chi connectivity index (χ1n) is 8.04. The summed E-state index contributed by atoms with van der Waals surface area (Å²) >= 11 is 3.34. The standard InChI is InChI=1S/C17H12BrF2N5O2/c18-8-1-2-10-11(3-8)15(12-4-13(12)20)24-25(16(10)27)7-14(26)23-17-21-5-9(19)6-22-17/h1-3,5-6,12-13H,4,7H2,(H,21,22,23,26)/t12-,13+/m1/s1. The van der Waals surface area contributed by atoms with Crippen molar-refractivity contribution in [3.05, 3.63) is 56.9 Å². The maximum absolute atomic E-state index is 13.6. The van der Waals surface area contributed by atoms with Gasteiger partial charge in [-0.05, 0) is 24.6 Å². The van der Waals surface area contributed by atoms with Gasteiger partial charge in [0, 0.05) is 15.8 Å². The SMILES string of the molecule is O=C(Cn1nc([C@@H]2C[C@@H]2F)c2cc(Br)ccc2c1=O)Nc1ncc(F)cn1. The molecule has 1 N–H and O–H groups in total. The highest BCUT2D eigenvalue weighted by Gasteiger charge is 2.41. The quantitative estimate of drug-likeness (QED) is 0.679. The molecule has 0 aliphatic heterocycles. The molecule has 138 valence electrons. The molecular weight excluding hydrogens is 424 g/mol. The lowest BCUT2D eigenvalue weighted by atomic mass is 10.1. The predicted octanol–water partition coefficient (Wildman–Crippen LogP) is 2.55. The fraction of sp³-hybridized carbons (Fsp3) is 0.235. The molecule has 0 spiro atoms. The van der Waals surface area contributed by atoms with Crippen molar-refractivity contribution < 1.29 is 13.6 Å². The Hall–Kier alpha value is -2.75. The van der Waals surface area contributed by atoms with Crippen LogP contribution in [0, 0.1) is 5.82 Å². The van der Waals surface area contributed by atoms with Gasteiger partial charge in [0.1, 0.15) is 12.7 Å². The van der Waals surface area contributed by atoms with Crippen LogP contribution >= 0.6 is 15.9 Å². The molecule has 1 aromatic carbocycles. The molecule has 0 radical (unpaired) electrons. The highest BCUT2D eigenvalue weighted by Crippen LogP contribution is 2.44. The van der Waals surface area contributed by atoms with Crippen molar-refractivity contribution >= 4 is 38.6 Å². The number of benzene rings is 1. The molecule has 3 aromatic rings. The zero-order valence-electron chi connectivity index (χ0n) is 13.7. The molecular formula is C17H12BrF2N5O2. The van der Waals surface area contributed by atoms with E-state index in [1.165, 1.54) is 0 Å². The average Bonchev–Trinajstić information content (AvgIpc) is 3.35. The number of hydrogen-bond acceptors (Lipinski definition) is 5. The Morgan fingerprint density at radius 2 is 2.00 bits per heavy atom. The van der Waals surface area contributed by atoms with E-state index < -0.39 is 35.9 Å². The number of fused-ring (bicyclic) bond motifs is 1. The van der Waals surface area contributed by atoms with Crippen molar-refractivity contribution in [2.45, 2.75) is 25.1 Å². The average molecular weight is 436 g/mol. The van der Waals surface area contributed by atoms with E-state index in [1.807, 2.05) is 0 Å². The van der Waals surface area contributed by atoms with Crippen LogP contribution in [0.3, 0.4) is 0 Å². The normalized spacial score (nSPS) is 18.5. The zero-order valence-corrected chi connectivity index (χ0v) is 15.3. The third-order valence-corrected chi connectivity index (χ3v) is 4.67. The summed E-state index contributed by atoms with van der Waals surface area (Å²) in [7, 11) is 0. The van der Waals surface area contributed by atoms with E-state index >= 15 is 0 Å². The van der Waals surface area contributed by atoms with E-state index in [2.05, 4.69) is 36.3 Å². The molecule has 2 atom stereocenters. The summed E-state index contributed by atoms with van der Waals surface area (Å²) in [5, 5.41) is 7.52. The number of alkyl halides is 1. The molecule has 27 heavy (non-hydrogen) atoms. The third kappa shape index (κ3) is 3.57. The molecule has 0 unspecified atom stereocenters. The van der Waals surface area contributed by atoms with Crippen LogP contribution < -0.4 is 10.9 Å². The lowest BCUT2D eigenvalue weighted by Gasteiger charge is -2.11. The first kappa shape index (κ1) is 17.7. The minimum atomic E-state index is -1.01. The lowest BCUT2D eigenvalue weighted by molar-refractivity contribution is -0.117. The van der Waals surface area contributed by atoms with Crippen molar-refractivity contribution in [3.63, 3.8) is 0 Å². The Kier molecular flexibility index (Phi) is 4.42. The van der Waals surface area contributed by atoms with Crippen LogP contribution in [0.25, 0.3) is 10.8 Å². The summed E-state index contributed by atoms with van der Waals surface area (Å²) in [5.74, 6) is -1.73. The largest absolute Gasteiger partial charge is 0.293 e. The number of carbonyl (C=O) groups excluding carboxylic acids is 1. The lowest BCUT2D eigenvalue weighted by Crippen LogP contribution is -2.31. The van der Waals surface area contributed by atoms with Gasteiger partial charge in [-0.1, -0.05) is 15.9 Å². The van der Waals surface area contributed by atoms with E-state index in [0.29, 0.717) is 22.9 Å². The number of carbonyl (C=O) groups is 1. The molecule has 1 amide bonds. The number of halogens is 3. The number of aromatic nitrogens is 4. The predicted molar refractivity (Wildman–Crippen MR) is 96.6 cm³/mol. The van der Waals surface area contributed by atoms with Gasteiger partial charge < -0.3 is 0 Å². The maximum atomic E-state index is 13.6. The Morgan fingerprint density at radius 1 is 1.30 bits per heavy atom. The van der Waals surface area contributed by atoms with Gasteiger partial charge in [0.05, 0.1) is 23.5 Å². The van der Waals surface area contributed by atoms with Gasteiger partial charge in [-0.3, -0.25) is 14.9 Å². The van der Waals surface area contributed by atoms with Crippen molar-refractivity contribution in [1.82, 2.24) is 19.7 Å². The van der Waals surface area contributed by atoms with Gasteiger partial charge in [-0.15, -0.1) is 0 Å². The topological polar surface area (TPSA) is 89.8 Å². The second-order valence-corrected chi connectivity index (χ2v) is 7.08. The van der Waals surface area contributed by atoms with Crippen LogP contribution in [0.2, 0.25) is 0 Å². The zero-order chi connectivity index (χ0) is 19.1. The van der Waals surface area contributed by atoms with Crippen LogP contribution in [0.4, 0.5) is 14.7 Å². The number of rotatable bonds is 4. The van der Waals surface area contributed by atoms with E-state index in [9.17, 15) is 18.4 Å². The van der Waals surface area contributed by atoms with Crippen molar-refractivity contribution in [1.29, 1.82) is 0 Å². The monoisotopic (exact) mass is 435 g/mol. The molecule has 2 heterocycles. The number of amides is 1. The van der Waals surface area contributed by atoms with E-state index in [4.69, 9.17) is 0 Å². The minimum Gasteiger partial charge on any atom is -0.293 e. The van der Waals surface area contributed by atoms with Crippen LogP contribution in [-0.4, -0.2) is 31.8 Å². The van der Waals surface area contributed by atoms with Crippen LogP contribution in [0.1, 0.15) is 18.0 Å². The Morgan fingerprint density at radius 3 is 2.67 bits per heavy atom. The van der Waals surface area contributed by atoms with Crippen molar-refractivity contribution in [2.24, 2.45) is 0 Å². The minimum absolute atomic E-state index is 0.0922. The van der Waals surface area contributed by atoms with Crippen LogP contribution in [-0.2, 0) is 11.3 Å². The smallest absolute Gasteiger partial charge is 0.275 e. The van der Waals surface area contributed by atoms with Gasteiger partial charge in [-0.2, -0.15) is 5.10 Å². The Balaban J connectivity index is 1.68. The molecule has 2 aromatic heterocycles. The van der Waals surface area contributed by atoms with Crippen molar-refractivity contribution in [2.75, 3.05) is 5.32 Å². The first-order valence-corrected chi connectivity index (χ1v) is 8.83. The molecule has 7 nitrogen and oxygen atoms in total.